The molecule has 0 saturated heterocycles. The highest BCUT2D eigenvalue weighted by molar-refractivity contribution is 14.1. The zero-order chi connectivity index (χ0) is 11.3. The number of ether oxygens (including phenoxy) is 1. The molecule has 82 valence electrons. The molecule has 1 atom stereocenters. The van der Waals surface area contributed by atoms with Gasteiger partial charge in [-0.15, -0.1) is 0 Å². The van der Waals surface area contributed by atoms with Crippen molar-refractivity contribution in [3.63, 3.8) is 0 Å². The minimum Gasteiger partial charge on any atom is -0.451 e. The van der Waals surface area contributed by atoms with Gasteiger partial charge in [-0.05, 0) is 52.6 Å². The zero-order valence-electron chi connectivity index (χ0n) is 9.00. The molecule has 0 radical (unpaired) electrons. The molecule has 1 unspecified atom stereocenters. The molecular weight excluding hydrogens is 303 g/mol. The van der Waals surface area contributed by atoms with Crippen LogP contribution in [0.25, 0.3) is 0 Å². The first-order valence-electron chi connectivity index (χ1n) is 5.02. The Balaban J connectivity index is 2.76. The predicted octanol–water partition coefficient (Wildman–Crippen LogP) is 3.75. The molecule has 0 fully saturated rings. The molecule has 0 spiro atoms. The summed E-state index contributed by atoms with van der Waals surface area (Å²) in [6.07, 6.45) is 1.11. The van der Waals surface area contributed by atoms with E-state index in [0.717, 1.165) is 6.42 Å². The number of hydrogen-bond donors (Lipinski definition) is 0. The summed E-state index contributed by atoms with van der Waals surface area (Å²) >= 11 is 2.01. The molecule has 0 aromatic heterocycles. The second kappa shape index (κ2) is 6.10. The maximum Gasteiger partial charge on any atom is 0.338 e. The number of carbonyl (C=O) groups excluding carboxylic acids is 1. The van der Waals surface area contributed by atoms with E-state index in [1.54, 1.807) is 0 Å². The Morgan fingerprint density at radius 1 is 1.40 bits per heavy atom. The van der Waals surface area contributed by atoms with Gasteiger partial charge in [0.15, 0.2) is 0 Å². The quantitative estimate of drug-likeness (QED) is 0.480. The minimum absolute atomic E-state index is 0.250. The average Bonchev–Trinajstić information content (AvgIpc) is 2.28. The number of halogens is 1. The van der Waals surface area contributed by atoms with Crippen molar-refractivity contribution in [1.29, 1.82) is 0 Å². The van der Waals surface area contributed by atoms with Gasteiger partial charge in [0.2, 0.25) is 0 Å². The summed E-state index contributed by atoms with van der Waals surface area (Å²) < 4.78 is 5.29. The Morgan fingerprint density at radius 3 is 2.47 bits per heavy atom. The molecule has 2 nitrogen and oxygen atoms in total. The van der Waals surface area contributed by atoms with Gasteiger partial charge < -0.3 is 4.74 Å². The fraction of sp³-hybridized carbons (Fsp3) is 0.417. The van der Waals surface area contributed by atoms with Gasteiger partial charge in [0.25, 0.3) is 0 Å². The summed E-state index contributed by atoms with van der Waals surface area (Å²) in [7, 11) is 0. The molecule has 0 heterocycles. The third-order valence-corrected chi connectivity index (χ3v) is 2.82. The summed E-state index contributed by atoms with van der Waals surface area (Å²) in [5, 5.41) is 0. The number of alkyl halides is 1. The van der Waals surface area contributed by atoms with Crippen molar-refractivity contribution < 1.29 is 9.53 Å². The molecular formula is C12H15IO2. The molecule has 0 amide bonds. The maximum atomic E-state index is 11.4. The van der Waals surface area contributed by atoms with Crippen LogP contribution in [0.15, 0.2) is 24.3 Å². The van der Waals surface area contributed by atoms with Crippen LogP contribution < -0.4 is 0 Å². The average molecular weight is 318 g/mol. The van der Waals surface area contributed by atoms with Crippen LogP contribution in [0.5, 0.6) is 0 Å². The molecule has 0 saturated carbocycles. The van der Waals surface area contributed by atoms with E-state index in [0.29, 0.717) is 16.1 Å². The van der Waals surface area contributed by atoms with Crippen LogP contribution in [0.2, 0.25) is 0 Å². The summed E-state index contributed by atoms with van der Waals surface area (Å²) in [5.41, 5.74) is 1.89. The smallest absolute Gasteiger partial charge is 0.338 e. The number of benzene rings is 1. The van der Waals surface area contributed by atoms with Crippen molar-refractivity contribution in [3.05, 3.63) is 35.4 Å². The number of esters is 1. The van der Waals surface area contributed by atoms with Crippen LogP contribution in [0.4, 0.5) is 0 Å². The van der Waals surface area contributed by atoms with Crippen molar-refractivity contribution in [2.24, 2.45) is 0 Å². The van der Waals surface area contributed by atoms with E-state index in [4.69, 9.17) is 4.74 Å². The zero-order valence-corrected chi connectivity index (χ0v) is 11.2. The third-order valence-electron chi connectivity index (χ3n) is 2.51. The van der Waals surface area contributed by atoms with Gasteiger partial charge in [-0.3, -0.25) is 0 Å². The first kappa shape index (κ1) is 12.5. The van der Waals surface area contributed by atoms with Gasteiger partial charge in [-0.1, -0.05) is 26.0 Å². The topological polar surface area (TPSA) is 26.3 Å². The van der Waals surface area contributed by atoms with E-state index in [2.05, 4.69) is 13.8 Å². The Morgan fingerprint density at radius 2 is 2.00 bits per heavy atom. The van der Waals surface area contributed by atoms with E-state index >= 15 is 0 Å². The van der Waals surface area contributed by atoms with E-state index in [1.807, 2.05) is 46.9 Å². The van der Waals surface area contributed by atoms with Crippen LogP contribution in [-0.2, 0) is 4.74 Å². The largest absolute Gasteiger partial charge is 0.451 e. The lowest BCUT2D eigenvalue weighted by molar-refractivity contribution is 0.0590. The predicted molar refractivity (Wildman–Crippen MR) is 69.5 cm³/mol. The van der Waals surface area contributed by atoms with Crippen LogP contribution in [0.1, 0.15) is 42.1 Å². The molecule has 0 aliphatic heterocycles. The highest BCUT2D eigenvalue weighted by Crippen LogP contribution is 2.19. The van der Waals surface area contributed by atoms with Crippen LogP contribution in [0, 0.1) is 0 Å². The maximum absolute atomic E-state index is 11.4. The minimum atomic E-state index is -0.250. The molecule has 0 bridgehead atoms. The second-order valence-corrected chi connectivity index (χ2v) is 4.10. The Hall–Kier alpha value is -0.580. The molecule has 1 aromatic rings. The molecule has 3 heteroatoms. The molecule has 0 N–H and O–H groups in total. The summed E-state index contributed by atoms with van der Waals surface area (Å²) in [6, 6.07) is 7.65. The first-order chi connectivity index (χ1) is 7.19. The fourth-order valence-electron chi connectivity index (χ4n) is 1.32. The lowest BCUT2D eigenvalue weighted by atomic mass is 9.98. The molecule has 1 rings (SSSR count). The Kier molecular flexibility index (Phi) is 5.08. The highest BCUT2D eigenvalue weighted by atomic mass is 127. The molecule has 15 heavy (non-hydrogen) atoms. The first-order valence-corrected chi connectivity index (χ1v) is 6.54. The Bertz CT molecular complexity index is 319. The van der Waals surface area contributed by atoms with E-state index in [9.17, 15) is 4.79 Å². The summed E-state index contributed by atoms with van der Waals surface area (Å²) in [5.74, 6) is 0.291. The number of rotatable bonds is 4. The lowest BCUT2D eigenvalue weighted by Crippen LogP contribution is -2.03. The van der Waals surface area contributed by atoms with Crippen molar-refractivity contribution >= 4 is 28.6 Å². The van der Waals surface area contributed by atoms with Gasteiger partial charge in [0.1, 0.15) is 4.61 Å². The van der Waals surface area contributed by atoms with Gasteiger partial charge in [0, 0.05) is 0 Å². The van der Waals surface area contributed by atoms with E-state index < -0.39 is 0 Å². The van der Waals surface area contributed by atoms with Crippen molar-refractivity contribution in [2.45, 2.75) is 26.2 Å². The third kappa shape index (κ3) is 3.48. The second-order valence-electron chi connectivity index (χ2n) is 3.47. The molecule has 0 aliphatic rings. The normalized spacial score (nSPS) is 12.2. The number of hydrogen-bond acceptors (Lipinski definition) is 2. The standard InChI is InChI=1S/C12H15IO2/c1-3-9(2)10-4-6-11(7-5-10)12(14)15-8-13/h4-7,9H,3,8H2,1-2H3. The molecule has 0 aliphatic carbocycles. The van der Waals surface area contributed by atoms with Crippen molar-refractivity contribution in [3.8, 4) is 0 Å². The molecule has 1 aromatic carbocycles. The van der Waals surface area contributed by atoms with Gasteiger partial charge in [-0.2, -0.15) is 0 Å². The SMILES string of the molecule is CCC(C)c1ccc(C(=O)OCI)cc1. The van der Waals surface area contributed by atoms with Gasteiger partial charge in [-0.25, -0.2) is 4.79 Å². The van der Waals surface area contributed by atoms with Gasteiger partial charge in [0.05, 0.1) is 5.56 Å². The van der Waals surface area contributed by atoms with Crippen LogP contribution >= 0.6 is 22.6 Å². The van der Waals surface area contributed by atoms with Crippen molar-refractivity contribution in [2.75, 3.05) is 4.61 Å². The highest BCUT2D eigenvalue weighted by Gasteiger charge is 2.07. The fourth-order valence-corrected chi connectivity index (χ4v) is 1.60. The van der Waals surface area contributed by atoms with Crippen LogP contribution in [0.3, 0.4) is 0 Å². The summed E-state index contributed by atoms with van der Waals surface area (Å²) in [4.78, 5) is 11.4. The van der Waals surface area contributed by atoms with E-state index in [1.165, 1.54) is 5.56 Å². The Labute approximate surface area is 104 Å². The van der Waals surface area contributed by atoms with Crippen molar-refractivity contribution in [1.82, 2.24) is 0 Å². The lowest BCUT2D eigenvalue weighted by Gasteiger charge is -2.09. The number of carbonyl (C=O) groups is 1. The monoisotopic (exact) mass is 318 g/mol. The van der Waals surface area contributed by atoms with Gasteiger partial charge >= 0.3 is 5.97 Å². The van der Waals surface area contributed by atoms with Crippen LogP contribution in [-0.4, -0.2) is 10.6 Å². The van der Waals surface area contributed by atoms with E-state index in [-0.39, 0.29) is 5.97 Å². The summed E-state index contributed by atoms with van der Waals surface area (Å²) in [6.45, 7) is 4.33.